The Morgan fingerprint density at radius 2 is 1.89 bits per heavy atom. The molecule has 2 aromatic rings. The summed E-state index contributed by atoms with van der Waals surface area (Å²) >= 11 is 1.15. The van der Waals surface area contributed by atoms with Gasteiger partial charge in [-0.1, -0.05) is 0 Å². The highest BCUT2D eigenvalue weighted by Gasteiger charge is 2.45. The predicted molar refractivity (Wildman–Crippen MR) is 126 cm³/mol. The first-order valence-corrected chi connectivity index (χ1v) is 11.6. The summed E-state index contributed by atoms with van der Waals surface area (Å²) in [4.78, 5) is 60.6. The van der Waals surface area contributed by atoms with Gasteiger partial charge in [0, 0.05) is 39.6 Å². The number of aromatic amines is 1. The molecular formula is C21H27N5O9S. The highest BCUT2D eigenvalue weighted by Crippen LogP contribution is 2.34. The Morgan fingerprint density at radius 1 is 1.19 bits per heavy atom. The van der Waals surface area contributed by atoms with Crippen molar-refractivity contribution in [3.05, 3.63) is 15.7 Å². The fraction of sp³-hybridized carbons (Fsp3) is 0.524. The lowest BCUT2D eigenvalue weighted by Crippen LogP contribution is -2.57. The lowest BCUT2D eigenvalue weighted by molar-refractivity contribution is -0.214. The van der Waals surface area contributed by atoms with Crippen LogP contribution in [0, 0.1) is 0 Å². The fourth-order valence-electron chi connectivity index (χ4n) is 3.72. The van der Waals surface area contributed by atoms with Gasteiger partial charge in [-0.05, 0) is 0 Å². The molecule has 3 heterocycles. The number of H-pyrrole nitrogens is 1. The first kappa shape index (κ1) is 26.9. The van der Waals surface area contributed by atoms with E-state index >= 15 is 0 Å². The van der Waals surface area contributed by atoms with E-state index in [1.54, 1.807) is 12.4 Å². The molecule has 0 aromatic carbocycles. The molecule has 4 unspecified atom stereocenters. The van der Waals surface area contributed by atoms with Crippen molar-refractivity contribution in [1.82, 2.24) is 15.0 Å². The maximum atomic E-state index is 12.9. The maximum absolute atomic E-state index is 12.9. The number of methoxy groups -OCH3 is 1. The standard InChI is InChI=1S/C21H27N5O9S/c1-9(27)32-7-14-17(34-11(3)29)13(33-10(2)28)6-15(35-14)26(4)18-16(12-8-36-20(22)23-12)19(30)25-21(24-18)31-5/h8,13-15,17H,6-7H2,1-5H3,(H2,22,23)(H,24,25,30). The summed E-state index contributed by atoms with van der Waals surface area (Å²) in [5.41, 5.74) is 5.63. The molecule has 0 saturated carbocycles. The summed E-state index contributed by atoms with van der Waals surface area (Å²) in [5, 5.41) is 1.86. The van der Waals surface area contributed by atoms with Crippen LogP contribution >= 0.6 is 11.3 Å². The van der Waals surface area contributed by atoms with Crippen molar-refractivity contribution in [3.63, 3.8) is 0 Å². The number of nitrogens with two attached hydrogens (primary N) is 1. The number of ether oxygens (including phenoxy) is 5. The summed E-state index contributed by atoms with van der Waals surface area (Å²) in [6, 6.07) is -0.0598. The van der Waals surface area contributed by atoms with E-state index in [9.17, 15) is 19.2 Å². The van der Waals surface area contributed by atoms with Gasteiger partial charge in [0.25, 0.3) is 11.6 Å². The Bertz CT molecular complexity index is 1180. The largest absolute Gasteiger partial charge is 0.468 e. The number of esters is 3. The molecule has 3 N–H and O–H groups in total. The molecule has 14 nitrogen and oxygen atoms in total. The third kappa shape index (κ3) is 6.28. The number of nitrogens with zero attached hydrogens (tertiary/aromatic N) is 3. The van der Waals surface area contributed by atoms with E-state index in [-0.39, 0.29) is 41.2 Å². The monoisotopic (exact) mass is 525 g/mol. The number of hydrogen-bond acceptors (Lipinski definition) is 14. The molecule has 4 atom stereocenters. The summed E-state index contributed by atoms with van der Waals surface area (Å²) in [6.45, 7) is 3.35. The Balaban J connectivity index is 2.04. The Morgan fingerprint density at radius 3 is 2.44 bits per heavy atom. The molecule has 15 heteroatoms. The van der Waals surface area contributed by atoms with Gasteiger partial charge in [0.1, 0.15) is 30.6 Å². The van der Waals surface area contributed by atoms with Gasteiger partial charge < -0.3 is 34.3 Å². The van der Waals surface area contributed by atoms with Crippen molar-refractivity contribution in [3.8, 4) is 17.3 Å². The minimum atomic E-state index is -1.05. The Kier molecular flexibility index (Phi) is 8.47. The van der Waals surface area contributed by atoms with Gasteiger partial charge >= 0.3 is 17.9 Å². The minimum Gasteiger partial charge on any atom is -0.468 e. The molecule has 196 valence electrons. The number of carbonyl (C=O) groups is 3. The van der Waals surface area contributed by atoms with E-state index < -0.39 is 48.0 Å². The van der Waals surface area contributed by atoms with Crippen LogP contribution in [0.1, 0.15) is 27.2 Å². The second kappa shape index (κ2) is 11.3. The van der Waals surface area contributed by atoms with Crippen LogP contribution in [0.2, 0.25) is 0 Å². The van der Waals surface area contributed by atoms with E-state index in [1.165, 1.54) is 32.8 Å². The predicted octanol–water partition coefficient (Wildman–Crippen LogP) is 0.462. The van der Waals surface area contributed by atoms with Gasteiger partial charge in [0.05, 0.1) is 12.8 Å². The van der Waals surface area contributed by atoms with Crippen LogP contribution in [0.25, 0.3) is 11.3 Å². The van der Waals surface area contributed by atoms with Gasteiger partial charge in [0.15, 0.2) is 17.1 Å². The van der Waals surface area contributed by atoms with Gasteiger partial charge in [-0.3, -0.25) is 24.2 Å². The third-order valence-electron chi connectivity index (χ3n) is 5.19. The first-order chi connectivity index (χ1) is 17.0. The topological polar surface area (TPSA) is 185 Å². The second-order valence-electron chi connectivity index (χ2n) is 7.85. The van der Waals surface area contributed by atoms with E-state index in [0.29, 0.717) is 0 Å². The average Bonchev–Trinajstić information content (AvgIpc) is 3.22. The van der Waals surface area contributed by atoms with E-state index in [1.807, 2.05) is 0 Å². The molecular weight excluding hydrogens is 498 g/mol. The fourth-order valence-corrected chi connectivity index (χ4v) is 4.28. The van der Waals surface area contributed by atoms with E-state index in [4.69, 9.17) is 29.4 Å². The quantitative estimate of drug-likeness (QED) is 0.358. The van der Waals surface area contributed by atoms with Crippen LogP contribution < -0.4 is 20.9 Å². The number of carbonyl (C=O) groups excluding carboxylic acids is 3. The van der Waals surface area contributed by atoms with Crippen LogP contribution in [-0.4, -0.2) is 78.2 Å². The molecule has 3 rings (SSSR count). The molecule has 0 aliphatic carbocycles. The van der Waals surface area contributed by atoms with Crippen molar-refractivity contribution in [2.75, 3.05) is 31.4 Å². The summed E-state index contributed by atoms with van der Waals surface area (Å²) < 4.78 is 27.2. The van der Waals surface area contributed by atoms with Crippen LogP contribution in [-0.2, 0) is 33.3 Å². The molecule has 0 amide bonds. The Labute approximate surface area is 209 Å². The van der Waals surface area contributed by atoms with Crippen LogP contribution in [0.15, 0.2) is 10.2 Å². The second-order valence-corrected chi connectivity index (χ2v) is 8.73. The van der Waals surface area contributed by atoms with E-state index in [2.05, 4.69) is 15.0 Å². The minimum absolute atomic E-state index is 0.0278. The van der Waals surface area contributed by atoms with Crippen molar-refractivity contribution >= 4 is 40.2 Å². The lowest BCUT2D eigenvalue weighted by Gasteiger charge is -2.43. The molecule has 1 saturated heterocycles. The number of thiazole rings is 1. The number of anilines is 2. The summed E-state index contributed by atoms with van der Waals surface area (Å²) in [6.07, 6.45) is -3.83. The third-order valence-corrected chi connectivity index (χ3v) is 5.86. The van der Waals surface area contributed by atoms with Crippen LogP contribution in [0.3, 0.4) is 0 Å². The first-order valence-electron chi connectivity index (χ1n) is 10.8. The molecule has 0 bridgehead atoms. The van der Waals surface area contributed by atoms with Crippen molar-refractivity contribution in [2.45, 2.75) is 51.7 Å². The number of aromatic nitrogens is 3. The zero-order chi connectivity index (χ0) is 26.6. The SMILES string of the molecule is COc1nc(N(C)C2CC(OC(C)=O)C(OC(C)=O)C(COC(C)=O)O2)c(-c2csc(N)n2)c(=O)[nH]1. The highest BCUT2D eigenvalue weighted by molar-refractivity contribution is 7.13. The summed E-state index contributed by atoms with van der Waals surface area (Å²) in [7, 11) is 2.94. The Hall–Kier alpha value is -3.72. The normalized spacial score (nSPS) is 21.4. The van der Waals surface area contributed by atoms with Crippen molar-refractivity contribution in [2.24, 2.45) is 0 Å². The van der Waals surface area contributed by atoms with Crippen LogP contribution in [0.4, 0.5) is 10.9 Å². The van der Waals surface area contributed by atoms with Gasteiger partial charge in [-0.2, -0.15) is 4.98 Å². The van der Waals surface area contributed by atoms with Crippen LogP contribution in [0.5, 0.6) is 6.01 Å². The van der Waals surface area contributed by atoms with E-state index in [0.717, 1.165) is 11.3 Å². The maximum Gasteiger partial charge on any atom is 0.303 e. The molecule has 1 aliphatic heterocycles. The molecule has 0 spiro atoms. The number of rotatable bonds is 8. The zero-order valence-corrected chi connectivity index (χ0v) is 21.1. The molecule has 36 heavy (non-hydrogen) atoms. The highest BCUT2D eigenvalue weighted by atomic mass is 32.1. The number of nitrogens with one attached hydrogen (secondary N) is 1. The lowest BCUT2D eigenvalue weighted by atomic mass is 9.99. The average molecular weight is 526 g/mol. The summed E-state index contributed by atoms with van der Waals surface area (Å²) in [5.74, 6) is -1.68. The smallest absolute Gasteiger partial charge is 0.303 e. The zero-order valence-electron chi connectivity index (χ0n) is 20.3. The molecule has 0 radical (unpaired) electrons. The van der Waals surface area contributed by atoms with Crippen molar-refractivity contribution < 1.29 is 38.1 Å². The molecule has 1 fully saturated rings. The number of hydrogen-bond donors (Lipinski definition) is 2. The van der Waals surface area contributed by atoms with Gasteiger partial charge in [-0.15, -0.1) is 11.3 Å². The molecule has 1 aliphatic rings. The number of nitrogen functional groups attached to an aromatic ring is 1. The van der Waals surface area contributed by atoms with Gasteiger partial charge in [0.2, 0.25) is 0 Å². The molecule has 2 aromatic heterocycles. The van der Waals surface area contributed by atoms with Crippen molar-refractivity contribution in [1.29, 1.82) is 0 Å². The van der Waals surface area contributed by atoms with Gasteiger partial charge in [-0.25, -0.2) is 4.98 Å².